The van der Waals surface area contributed by atoms with E-state index in [4.69, 9.17) is 0 Å². The zero-order valence-corrected chi connectivity index (χ0v) is 9.64. The lowest BCUT2D eigenvalue weighted by Crippen LogP contribution is -2.35. The first-order valence-corrected chi connectivity index (χ1v) is 5.75. The van der Waals surface area contributed by atoms with Gasteiger partial charge in [-0.15, -0.1) is 0 Å². The molecule has 0 amide bonds. The molecule has 84 valence electrons. The highest BCUT2D eigenvalue weighted by atomic mass is 16.4. The van der Waals surface area contributed by atoms with Crippen LogP contribution in [0.3, 0.4) is 0 Å². The van der Waals surface area contributed by atoms with Gasteiger partial charge in [0.05, 0.1) is 0 Å². The summed E-state index contributed by atoms with van der Waals surface area (Å²) in [6.07, 6.45) is 0.792. The van der Waals surface area contributed by atoms with E-state index in [1.165, 1.54) is 11.1 Å². The van der Waals surface area contributed by atoms with Gasteiger partial charge >= 0.3 is 7.12 Å². The Balaban J connectivity index is 2.27. The minimum atomic E-state index is -1.39. The molecular weight excluding hydrogens is 211 g/mol. The SMILES string of the molecule is Cc1ccc2c(c1B(O)O)Cc1ccccc1-2. The van der Waals surface area contributed by atoms with E-state index in [9.17, 15) is 10.0 Å². The maximum Gasteiger partial charge on any atom is 0.489 e. The fourth-order valence-corrected chi connectivity index (χ4v) is 2.71. The molecule has 1 aliphatic carbocycles. The zero-order chi connectivity index (χ0) is 12.0. The Morgan fingerprint density at radius 2 is 1.76 bits per heavy atom. The fourth-order valence-electron chi connectivity index (χ4n) is 2.71. The lowest BCUT2D eigenvalue weighted by atomic mass is 9.73. The van der Waals surface area contributed by atoms with Crippen molar-refractivity contribution in [1.82, 2.24) is 0 Å². The van der Waals surface area contributed by atoms with E-state index >= 15 is 0 Å². The Morgan fingerprint density at radius 3 is 2.53 bits per heavy atom. The van der Waals surface area contributed by atoms with Gasteiger partial charge in [0.1, 0.15) is 0 Å². The molecule has 2 aromatic rings. The number of aryl methyl sites for hydroxylation is 1. The van der Waals surface area contributed by atoms with E-state index < -0.39 is 7.12 Å². The van der Waals surface area contributed by atoms with Crippen LogP contribution in [-0.4, -0.2) is 17.2 Å². The molecule has 3 heteroatoms. The van der Waals surface area contributed by atoms with Crippen molar-refractivity contribution in [3.8, 4) is 11.1 Å². The highest BCUT2D eigenvalue weighted by molar-refractivity contribution is 6.60. The predicted octanol–water partition coefficient (Wildman–Crippen LogP) is 1.25. The number of benzene rings is 2. The van der Waals surface area contributed by atoms with Gasteiger partial charge in [-0.05, 0) is 41.1 Å². The van der Waals surface area contributed by atoms with E-state index in [1.54, 1.807) is 0 Å². The van der Waals surface area contributed by atoms with Crippen molar-refractivity contribution in [3.05, 3.63) is 53.1 Å². The van der Waals surface area contributed by atoms with Crippen LogP contribution >= 0.6 is 0 Å². The normalized spacial score (nSPS) is 12.2. The molecule has 1 aliphatic rings. The van der Waals surface area contributed by atoms with Crippen LogP contribution in [0.1, 0.15) is 16.7 Å². The van der Waals surface area contributed by atoms with Gasteiger partial charge in [0.25, 0.3) is 0 Å². The van der Waals surface area contributed by atoms with Crippen LogP contribution in [0.5, 0.6) is 0 Å². The van der Waals surface area contributed by atoms with Gasteiger partial charge in [-0.25, -0.2) is 0 Å². The molecule has 0 aromatic heterocycles. The summed E-state index contributed by atoms with van der Waals surface area (Å²) in [5.41, 5.74) is 6.26. The Morgan fingerprint density at radius 1 is 1.00 bits per heavy atom. The first-order chi connectivity index (χ1) is 8.18. The van der Waals surface area contributed by atoms with Crippen LogP contribution in [-0.2, 0) is 6.42 Å². The molecule has 0 spiro atoms. The molecule has 0 radical (unpaired) electrons. The van der Waals surface area contributed by atoms with Crippen LogP contribution in [0.15, 0.2) is 36.4 Å². The molecule has 17 heavy (non-hydrogen) atoms. The third-order valence-corrected chi connectivity index (χ3v) is 3.51. The second kappa shape index (κ2) is 3.72. The van der Waals surface area contributed by atoms with Gasteiger partial charge in [-0.3, -0.25) is 0 Å². The molecule has 0 saturated carbocycles. The minimum Gasteiger partial charge on any atom is -0.423 e. The largest absolute Gasteiger partial charge is 0.489 e. The molecule has 0 saturated heterocycles. The monoisotopic (exact) mass is 224 g/mol. The van der Waals surface area contributed by atoms with Gasteiger partial charge in [0.15, 0.2) is 0 Å². The molecule has 0 unspecified atom stereocenters. The second-order valence-corrected chi connectivity index (χ2v) is 4.53. The highest BCUT2D eigenvalue weighted by Gasteiger charge is 2.26. The number of rotatable bonds is 1. The van der Waals surface area contributed by atoms with Crippen LogP contribution in [0.4, 0.5) is 0 Å². The van der Waals surface area contributed by atoms with Crippen LogP contribution < -0.4 is 5.46 Å². The standard InChI is InChI=1S/C14H13BO2/c1-9-6-7-12-11-5-3-2-4-10(11)8-13(12)14(9)15(16)17/h2-7,16-17H,8H2,1H3. The average molecular weight is 224 g/mol. The topological polar surface area (TPSA) is 40.5 Å². The van der Waals surface area contributed by atoms with E-state index in [-0.39, 0.29) is 0 Å². The summed E-state index contributed by atoms with van der Waals surface area (Å²) in [5.74, 6) is 0. The molecular formula is C14H13BO2. The van der Waals surface area contributed by atoms with Crippen molar-refractivity contribution in [2.24, 2.45) is 0 Å². The Kier molecular flexibility index (Phi) is 2.32. The van der Waals surface area contributed by atoms with Gasteiger partial charge in [0.2, 0.25) is 0 Å². The summed E-state index contributed by atoms with van der Waals surface area (Å²) in [4.78, 5) is 0. The van der Waals surface area contributed by atoms with Crippen molar-refractivity contribution in [2.75, 3.05) is 0 Å². The quantitative estimate of drug-likeness (QED) is 0.610. The third-order valence-electron chi connectivity index (χ3n) is 3.51. The molecule has 0 aliphatic heterocycles. The van der Waals surface area contributed by atoms with Gasteiger partial charge in [-0.2, -0.15) is 0 Å². The second-order valence-electron chi connectivity index (χ2n) is 4.53. The minimum absolute atomic E-state index is 0.665. The first-order valence-electron chi connectivity index (χ1n) is 5.75. The third kappa shape index (κ3) is 1.51. The lowest BCUT2D eigenvalue weighted by Gasteiger charge is -2.11. The predicted molar refractivity (Wildman–Crippen MR) is 69.2 cm³/mol. The Bertz CT molecular complexity index is 591. The zero-order valence-electron chi connectivity index (χ0n) is 9.64. The van der Waals surface area contributed by atoms with Crippen molar-refractivity contribution in [1.29, 1.82) is 0 Å². The van der Waals surface area contributed by atoms with Crippen LogP contribution in [0.2, 0.25) is 0 Å². The average Bonchev–Trinajstić information content (AvgIpc) is 2.66. The maximum absolute atomic E-state index is 9.50. The summed E-state index contributed by atoms with van der Waals surface area (Å²) in [5, 5.41) is 19.0. The van der Waals surface area contributed by atoms with Crippen molar-refractivity contribution < 1.29 is 10.0 Å². The number of fused-ring (bicyclic) bond motifs is 3. The van der Waals surface area contributed by atoms with E-state index in [1.807, 2.05) is 25.1 Å². The molecule has 2 aromatic carbocycles. The smallest absolute Gasteiger partial charge is 0.423 e. The number of hydrogen-bond acceptors (Lipinski definition) is 2. The van der Waals surface area contributed by atoms with Crippen LogP contribution in [0, 0.1) is 6.92 Å². The summed E-state index contributed by atoms with van der Waals surface area (Å²) < 4.78 is 0. The van der Waals surface area contributed by atoms with Gasteiger partial charge in [0, 0.05) is 0 Å². The van der Waals surface area contributed by atoms with E-state index in [2.05, 4.69) is 18.2 Å². The number of hydrogen-bond donors (Lipinski definition) is 2. The Hall–Kier alpha value is -1.58. The molecule has 2 nitrogen and oxygen atoms in total. The van der Waals surface area contributed by atoms with Crippen molar-refractivity contribution >= 4 is 12.6 Å². The highest BCUT2D eigenvalue weighted by Crippen LogP contribution is 2.35. The first kappa shape index (κ1) is 10.6. The van der Waals surface area contributed by atoms with Crippen LogP contribution in [0.25, 0.3) is 11.1 Å². The maximum atomic E-state index is 9.50. The molecule has 0 bridgehead atoms. The molecule has 2 N–H and O–H groups in total. The fraction of sp³-hybridized carbons (Fsp3) is 0.143. The van der Waals surface area contributed by atoms with Crippen molar-refractivity contribution in [2.45, 2.75) is 13.3 Å². The van der Waals surface area contributed by atoms with Crippen molar-refractivity contribution in [3.63, 3.8) is 0 Å². The summed E-state index contributed by atoms with van der Waals surface area (Å²) in [6.45, 7) is 1.91. The van der Waals surface area contributed by atoms with E-state index in [0.29, 0.717) is 5.46 Å². The summed E-state index contributed by atoms with van der Waals surface area (Å²) in [6, 6.07) is 12.2. The lowest BCUT2D eigenvalue weighted by molar-refractivity contribution is 0.425. The Labute approximate surface area is 101 Å². The molecule has 0 atom stereocenters. The molecule has 0 fully saturated rings. The van der Waals surface area contributed by atoms with Gasteiger partial charge < -0.3 is 10.0 Å². The van der Waals surface area contributed by atoms with E-state index in [0.717, 1.165) is 23.1 Å². The molecule has 3 rings (SSSR count). The van der Waals surface area contributed by atoms with Gasteiger partial charge in [-0.1, -0.05) is 42.0 Å². The summed E-state index contributed by atoms with van der Waals surface area (Å²) in [7, 11) is -1.39. The molecule has 0 heterocycles. The summed E-state index contributed by atoms with van der Waals surface area (Å²) >= 11 is 0.